The Morgan fingerprint density at radius 2 is 2.21 bits per heavy atom. The van der Waals surface area contributed by atoms with Gasteiger partial charge in [0.15, 0.2) is 0 Å². The Bertz CT molecular complexity index is 820. The first-order valence-electron chi connectivity index (χ1n) is 7.74. The highest BCUT2D eigenvalue weighted by atomic mass is 32.2. The first kappa shape index (κ1) is 17.1. The molecule has 0 unspecified atom stereocenters. The van der Waals surface area contributed by atoms with Crippen molar-refractivity contribution in [2.24, 2.45) is 0 Å². The van der Waals surface area contributed by atoms with E-state index in [1.165, 1.54) is 27.8 Å². The van der Waals surface area contributed by atoms with Crippen molar-refractivity contribution in [3.05, 3.63) is 52.2 Å². The molecule has 3 rings (SSSR count). The molecule has 0 bridgehead atoms. The van der Waals surface area contributed by atoms with E-state index in [4.69, 9.17) is 10.00 Å². The molecule has 1 atom stereocenters. The first-order chi connectivity index (χ1) is 11.6. The van der Waals surface area contributed by atoms with Crippen molar-refractivity contribution < 1.29 is 13.2 Å². The average molecular weight is 362 g/mol. The molecule has 1 aliphatic rings. The SMILES string of the molecule is N#Cc1cccc(S(=O)(=O)N(Cc2cccs2)C[C@H]2CCCO2)c1. The number of hydrogen-bond donors (Lipinski definition) is 0. The Balaban J connectivity index is 1.90. The Labute approximate surface area is 146 Å². The fraction of sp³-hybridized carbons (Fsp3) is 0.353. The summed E-state index contributed by atoms with van der Waals surface area (Å²) in [5, 5.41) is 11.0. The van der Waals surface area contributed by atoms with Crippen LogP contribution in [0, 0.1) is 11.3 Å². The van der Waals surface area contributed by atoms with Crippen LogP contribution in [0.1, 0.15) is 23.3 Å². The fourth-order valence-electron chi connectivity index (χ4n) is 2.71. The summed E-state index contributed by atoms with van der Waals surface area (Å²) in [5.41, 5.74) is 0.337. The minimum absolute atomic E-state index is 0.0705. The predicted octanol–water partition coefficient (Wildman–Crippen LogP) is 2.99. The van der Waals surface area contributed by atoms with E-state index >= 15 is 0 Å². The van der Waals surface area contributed by atoms with Crippen molar-refractivity contribution in [2.45, 2.75) is 30.4 Å². The number of nitriles is 1. The van der Waals surface area contributed by atoms with E-state index in [2.05, 4.69) is 0 Å². The zero-order chi connectivity index (χ0) is 17.0. The molecule has 1 aromatic carbocycles. The van der Waals surface area contributed by atoms with Crippen LogP contribution in [0.2, 0.25) is 0 Å². The maximum atomic E-state index is 13.1. The zero-order valence-electron chi connectivity index (χ0n) is 13.1. The van der Waals surface area contributed by atoms with E-state index in [0.717, 1.165) is 17.7 Å². The topological polar surface area (TPSA) is 70.4 Å². The van der Waals surface area contributed by atoms with Crippen molar-refractivity contribution in [1.29, 1.82) is 5.26 Å². The van der Waals surface area contributed by atoms with Crippen molar-refractivity contribution in [1.82, 2.24) is 4.31 Å². The molecule has 0 saturated carbocycles. The molecule has 7 heteroatoms. The molecule has 1 fully saturated rings. The summed E-state index contributed by atoms with van der Waals surface area (Å²) >= 11 is 1.53. The van der Waals surface area contributed by atoms with Crippen molar-refractivity contribution in [2.75, 3.05) is 13.2 Å². The third-order valence-electron chi connectivity index (χ3n) is 3.94. The zero-order valence-corrected chi connectivity index (χ0v) is 14.7. The molecule has 1 aromatic heterocycles. The Morgan fingerprint density at radius 3 is 2.88 bits per heavy atom. The molecule has 2 aromatic rings. The van der Waals surface area contributed by atoms with Crippen LogP contribution in [0.15, 0.2) is 46.7 Å². The predicted molar refractivity (Wildman–Crippen MR) is 92.0 cm³/mol. The Morgan fingerprint density at radius 1 is 1.33 bits per heavy atom. The quantitative estimate of drug-likeness (QED) is 0.792. The molecule has 2 heterocycles. The van der Waals surface area contributed by atoms with E-state index in [-0.39, 0.29) is 11.0 Å². The molecule has 1 aliphatic heterocycles. The smallest absolute Gasteiger partial charge is 0.243 e. The van der Waals surface area contributed by atoms with Gasteiger partial charge in [-0.3, -0.25) is 0 Å². The first-order valence-corrected chi connectivity index (χ1v) is 10.1. The molecule has 0 aliphatic carbocycles. The lowest BCUT2D eigenvalue weighted by Crippen LogP contribution is -2.36. The second-order valence-electron chi connectivity index (χ2n) is 5.65. The highest BCUT2D eigenvalue weighted by Gasteiger charge is 2.29. The van der Waals surface area contributed by atoms with Crippen LogP contribution in [0.25, 0.3) is 0 Å². The lowest BCUT2D eigenvalue weighted by atomic mass is 10.2. The van der Waals surface area contributed by atoms with Crippen LogP contribution in [-0.2, 0) is 21.3 Å². The molecule has 24 heavy (non-hydrogen) atoms. The van der Waals surface area contributed by atoms with Crippen molar-refractivity contribution in [3.8, 4) is 6.07 Å². The minimum Gasteiger partial charge on any atom is -0.377 e. The molecule has 1 saturated heterocycles. The van der Waals surface area contributed by atoms with Gasteiger partial charge >= 0.3 is 0 Å². The van der Waals surface area contributed by atoms with Crippen LogP contribution >= 0.6 is 11.3 Å². The molecular weight excluding hydrogens is 344 g/mol. The van der Waals surface area contributed by atoms with Gasteiger partial charge in [-0.1, -0.05) is 12.1 Å². The van der Waals surface area contributed by atoms with Gasteiger partial charge in [0.05, 0.1) is 22.6 Å². The van der Waals surface area contributed by atoms with Crippen LogP contribution in [0.3, 0.4) is 0 Å². The van der Waals surface area contributed by atoms with Gasteiger partial charge in [-0.2, -0.15) is 9.57 Å². The van der Waals surface area contributed by atoms with Crippen molar-refractivity contribution >= 4 is 21.4 Å². The lowest BCUT2D eigenvalue weighted by Gasteiger charge is -2.24. The van der Waals surface area contributed by atoms with Crippen molar-refractivity contribution in [3.63, 3.8) is 0 Å². The average Bonchev–Trinajstić information content (AvgIpc) is 3.28. The molecule has 0 radical (unpaired) electrons. The van der Waals surface area contributed by atoms with E-state index < -0.39 is 10.0 Å². The minimum atomic E-state index is -3.69. The number of ether oxygens (including phenoxy) is 1. The maximum Gasteiger partial charge on any atom is 0.243 e. The Kier molecular flexibility index (Phi) is 5.31. The van der Waals surface area contributed by atoms with E-state index in [9.17, 15) is 8.42 Å². The van der Waals surface area contributed by atoms with E-state index in [1.807, 2.05) is 23.6 Å². The number of rotatable bonds is 6. The van der Waals surface area contributed by atoms with Gasteiger partial charge in [-0.05, 0) is 42.5 Å². The van der Waals surface area contributed by atoms with Gasteiger partial charge in [0.25, 0.3) is 0 Å². The second-order valence-corrected chi connectivity index (χ2v) is 8.62. The number of hydrogen-bond acceptors (Lipinski definition) is 5. The van der Waals surface area contributed by atoms with Gasteiger partial charge in [0.2, 0.25) is 10.0 Å². The molecule has 0 N–H and O–H groups in total. The second kappa shape index (κ2) is 7.45. The number of thiophene rings is 1. The standard InChI is InChI=1S/C17H18N2O3S2/c18-11-14-4-1-7-17(10-14)24(20,21)19(12-15-5-2-8-22-15)13-16-6-3-9-23-16/h1,3-4,6-7,9-10,15H,2,5,8,12-13H2/t15-/m1/s1. The molecule has 0 spiro atoms. The highest BCUT2D eigenvalue weighted by Crippen LogP contribution is 2.24. The van der Waals surface area contributed by atoms with Gasteiger partial charge < -0.3 is 4.74 Å². The van der Waals surface area contributed by atoms with Gasteiger partial charge in [-0.25, -0.2) is 8.42 Å². The summed E-state index contributed by atoms with van der Waals surface area (Å²) in [4.78, 5) is 1.13. The third-order valence-corrected chi connectivity index (χ3v) is 6.61. The largest absolute Gasteiger partial charge is 0.377 e. The Hall–Kier alpha value is -1.72. The number of nitrogens with zero attached hydrogens (tertiary/aromatic N) is 2. The number of benzene rings is 1. The number of sulfonamides is 1. The van der Waals surface area contributed by atoms with Crippen LogP contribution < -0.4 is 0 Å². The molecular formula is C17H18N2O3S2. The van der Waals surface area contributed by atoms with Crippen LogP contribution in [0.4, 0.5) is 0 Å². The fourth-order valence-corrected chi connectivity index (χ4v) is 5.01. The summed E-state index contributed by atoms with van der Waals surface area (Å²) in [5.74, 6) is 0. The summed E-state index contributed by atoms with van der Waals surface area (Å²) in [7, 11) is -3.69. The third kappa shape index (κ3) is 3.84. The summed E-state index contributed by atoms with van der Waals surface area (Å²) < 4.78 is 33.2. The van der Waals surface area contributed by atoms with Crippen LogP contribution in [0.5, 0.6) is 0 Å². The van der Waals surface area contributed by atoms with E-state index in [1.54, 1.807) is 12.1 Å². The van der Waals surface area contributed by atoms with Crippen LogP contribution in [-0.4, -0.2) is 32.0 Å². The highest BCUT2D eigenvalue weighted by molar-refractivity contribution is 7.89. The molecule has 0 amide bonds. The summed E-state index contributed by atoms with van der Waals surface area (Å²) in [6.07, 6.45) is 1.76. The van der Waals surface area contributed by atoms with Gasteiger partial charge in [0, 0.05) is 24.6 Å². The van der Waals surface area contributed by atoms with E-state index in [0.29, 0.717) is 25.3 Å². The normalized spacial score (nSPS) is 17.9. The summed E-state index contributed by atoms with van der Waals surface area (Å²) in [6.45, 7) is 1.33. The van der Waals surface area contributed by atoms with Gasteiger partial charge in [0.1, 0.15) is 0 Å². The summed E-state index contributed by atoms with van der Waals surface area (Å²) in [6, 6.07) is 12.0. The van der Waals surface area contributed by atoms with Gasteiger partial charge in [-0.15, -0.1) is 11.3 Å². The lowest BCUT2D eigenvalue weighted by molar-refractivity contribution is 0.0927. The monoisotopic (exact) mass is 362 g/mol. The maximum absolute atomic E-state index is 13.1. The molecule has 126 valence electrons. The molecule has 5 nitrogen and oxygen atoms in total.